The molecule has 1 aliphatic rings. The second-order valence-electron chi connectivity index (χ2n) is 4.00. The molecular weight excluding hydrogens is 334 g/mol. The summed E-state index contributed by atoms with van der Waals surface area (Å²) in [7, 11) is 0. The number of hydrogen-bond acceptors (Lipinski definition) is 3. The van der Waals surface area contributed by atoms with Gasteiger partial charge in [-0.15, -0.1) is 12.4 Å². The lowest BCUT2D eigenvalue weighted by Gasteiger charge is -2.27. The number of nitrogens with one attached hydrogen (secondary N) is 2. The summed E-state index contributed by atoms with van der Waals surface area (Å²) >= 11 is 3.29. The van der Waals surface area contributed by atoms with Crippen LogP contribution in [0.25, 0.3) is 0 Å². The highest BCUT2D eigenvalue weighted by atomic mass is 79.9. The van der Waals surface area contributed by atoms with Crippen LogP contribution in [0.5, 0.6) is 0 Å². The Hall–Kier alpha value is -1.11. The SMILES string of the molecule is Cl.O=C(NC(=O)N1CCNCC1)c1ccc(Br)cc1. The topological polar surface area (TPSA) is 61.4 Å². The van der Waals surface area contributed by atoms with Crippen molar-refractivity contribution in [3.63, 3.8) is 0 Å². The Kier molecular flexibility index (Phi) is 6.27. The molecule has 104 valence electrons. The van der Waals surface area contributed by atoms with Crippen molar-refractivity contribution < 1.29 is 9.59 Å². The van der Waals surface area contributed by atoms with Gasteiger partial charge in [-0.3, -0.25) is 10.1 Å². The van der Waals surface area contributed by atoms with Crippen LogP contribution in [0.15, 0.2) is 28.7 Å². The Labute approximate surface area is 126 Å². The van der Waals surface area contributed by atoms with E-state index < -0.39 is 0 Å². The third kappa shape index (κ3) is 4.49. The van der Waals surface area contributed by atoms with Gasteiger partial charge in [0.25, 0.3) is 5.91 Å². The van der Waals surface area contributed by atoms with Gasteiger partial charge in [-0.05, 0) is 24.3 Å². The van der Waals surface area contributed by atoms with E-state index >= 15 is 0 Å². The fourth-order valence-corrected chi connectivity index (χ4v) is 1.98. The van der Waals surface area contributed by atoms with Crippen LogP contribution in [-0.4, -0.2) is 43.0 Å². The number of amides is 3. The average molecular weight is 349 g/mol. The molecule has 1 aromatic carbocycles. The van der Waals surface area contributed by atoms with Crippen LogP contribution in [0.4, 0.5) is 4.79 Å². The summed E-state index contributed by atoms with van der Waals surface area (Å²) in [6.07, 6.45) is 0. The zero-order chi connectivity index (χ0) is 13.0. The number of carbonyl (C=O) groups is 2. The Morgan fingerprint density at radius 3 is 2.32 bits per heavy atom. The van der Waals surface area contributed by atoms with Crippen molar-refractivity contribution in [3.8, 4) is 0 Å². The van der Waals surface area contributed by atoms with Gasteiger partial charge >= 0.3 is 6.03 Å². The van der Waals surface area contributed by atoms with E-state index in [4.69, 9.17) is 0 Å². The third-order valence-electron chi connectivity index (χ3n) is 2.73. The number of urea groups is 1. The largest absolute Gasteiger partial charge is 0.324 e. The van der Waals surface area contributed by atoms with Gasteiger partial charge in [0.1, 0.15) is 0 Å². The minimum atomic E-state index is -0.369. The molecule has 0 bridgehead atoms. The van der Waals surface area contributed by atoms with Gasteiger partial charge < -0.3 is 10.2 Å². The summed E-state index contributed by atoms with van der Waals surface area (Å²) in [4.78, 5) is 25.3. The maximum absolute atomic E-state index is 11.8. The van der Waals surface area contributed by atoms with Crippen molar-refractivity contribution >= 4 is 40.3 Å². The van der Waals surface area contributed by atoms with E-state index in [9.17, 15) is 9.59 Å². The van der Waals surface area contributed by atoms with E-state index in [1.165, 1.54) is 0 Å². The maximum Gasteiger partial charge on any atom is 0.324 e. The maximum atomic E-state index is 11.8. The van der Waals surface area contributed by atoms with E-state index in [1.54, 1.807) is 29.2 Å². The van der Waals surface area contributed by atoms with Gasteiger partial charge in [-0.25, -0.2) is 4.79 Å². The van der Waals surface area contributed by atoms with Crippen LogP contribution in [0.1, 0.15) is 10.4 Å². The summed E-state index contributed by atoms with van der Waals surface area (Å²) in [6.45, 7) is 2.78. The van der Waals surface area contributed by atoms with Crippen molar-refractivity contribution in [2.75, 3.05) is 26.2 Å². The molecule has 0 radical (unpaired) electrons. The molecule has 0 saturated carbocycles. The highest BCUT2D eigenvalue weighted by Gasteiger charge is 2.18. The highest BCUT2D eigenvalue weighted by molar-refractivity contribution is 9.10. The second-order valence-corrected chi connectivity index (χ2v) is 4.92. The number of halogens is 2. The first-order chi connectivity index (χ1) is 8.66. The molecule has 0 aliphatic carbocycles. The molecule has 1 aromatic rings. The molecule has 7 heteroatoms. The van der Waals surface area contributed by atoms with Gasteiger partial charge in [-0.1, -0.05) is 15.9 Å². The first kappa shape index (κ1) is 15.9. The predicted molar refractivity (Wildman–Crippen MR) is 78.7 cm³/mol. The van der Waals surface area contributed by atoms with E-state index in [-0.39, 0.29) is 24.3 Å². The molecule has 3 amide bonds. The molecule has 19 heavy (non-hydrogen) atoms. The van der Waals surface area contributed by atoms with Crippen LogP contribution in [0, 0.1) is 0 Å². The normalized spacial score (nSPS) is 14.5. The Morgan fingerprint density at radius 2 is 1.74 bits per heavy atom. The fraction of sp³-hybridized carbons (Fsp3) is 0.333. The molecule has 0 unspecified atom stereocenters. The van der Waals surface area contributed by atoms with E-state index in [2.05, 4.69) is 26.6 Å². The minimum Gasteiger partial charge on any atom is -0.322 e. The van der Waals surface area contributed by atoms with E-state index in [0.29, 0.717) is 18.7 Å². The van der Waals surface area contributed by atoms with Crippen LogP contribution < -0.4 is 10.6 Å². The van der Waals surface area contributed by atoms with Gasteiger partial charge in [0.05, 0.1) is 0 Å². The standard InChI is InChI=1S/C12H14BrN3O2.ClH/c13-10-3-1-9(2-4-10)11(17)15-12(18)16-7-5-14-6-8-16;/h1-4,14H,5-8H2,(H,15,17,18);1H. The number of benzene rings is 1. The lowest BCUT2D eigenvalue weighted by Crippen LogP contribution is -2.51. The van der Waals surface area contributed by atoms with E-state index in [0.717, 1.165) is 17.6 Å². The smallest absolute Gasteiger partial charge is 0.322 e. The lowest BCUT2D eigenvalue weighted by molar-refractivity contribution is 0.0950. The number of piperazine rings is 1. The Balaban J connectivity index is 0.00000180. The first-order valence-corrected chi connectivity index (χ1v) is 6.52. The monoisotopic (exact) mass is 347 g/mol. The van der Waals surface area contributed by atoms with Gasteiger partial charge in [0.2, 0.25) is 0 Å². The second kappa shape index (κ2) is 7.47. The van der Waals surface area contributed by atoms with Crippen molar-refractivity contribution in [2.24, 2.45) is 0 Å². The molecule has 0 spiro atoms. The Morgan fingerprint density at radius 1 is 1.16 bits per heavy atom. The lowest BCUT2D eigenvalue weighted by atomic mass is 10.2. The summed E-state index contributed by atoms with van der Waals surface area (Å²) in [5.74, 6) is -0.369. The molecule has 2 rings (SSSR count). The van der Waals surface area contributed by atoms with Crippen LogP contribution >= 0.6 is 28.3 Å². The number of imide groups is 1. The average Bonchev–Trinajstić information content (AvgIpc) is 2.40. The number of nitrogens with zero attached hydrogens (tertiary/aromatic N) is 1. The fourth-order valence-electron chi connectivity index (χ4n) is 1.72. The highest BCUT2D eigenvalue weighted by Crippen LogP contribution is 2.10. The summed E-state index contributed by atoms with van der Waals surface area (Å²) in [5.41, 5.74) is 0.474. The molecule has 1 fully saturated rings. The number of rotatable bonds is 1. The quantitative estimate of drug-likeness (QED) is 0.811. The van der Waals surface area contributed by atoms with Crippen LogP contribution in [-0.2, 0) is 0 Å². The van der Waals surface area contributed by atoms with Crippen LogP contribution in [0.2, 0.25) is 0 Å². The van der Waals surface area contributed by atoms with Gasteiger partial charge in [0, 0.05) is 36.2 Å². The summed E-state index contributed by atoms with van der Waals surface area (Å²) < 4.78 is 0.896. The van der Waals surface area contributed by atoms with Gasteiger partial charge in [-0.2, -0.15) is 0 Å². The third-order valence-corrected chi connectivity index (χ3v) is 3.26. The zero-order valence-electron chi connectivity index (χ0n) is 10.2. The summed E-state index contributed by atoms with van der Waals surface area (Å²) in [5, 5.41) is 5.54. The molecule has 2 N–H and O–H groups in total. The molecular formula is C12H15BrClN3O2. The number of hydrogen-bond donors (Lipinski definition) is 2. The minimum absolute atomic E-state index is 0. The van der Waals surface area contributed by atoms with Crippen molar-refractivity contribution in [1.82, 2.24) is 15.5 Å². The molecule has 0 aromatic heterocycles. The van der Waals surface area contributed by atoms with E-state index in [1.807, 2.05) is 0 Å². The molecule has 0 atom stereocenters. The van der Waals surface area contributed by atoms with Gasteiger partial charge in [0.15, 0.2) is 0 Å². The van der Waals surface area contributed by atoms with Crippen LogP contribution in [0.3, 0.4) is 0 Å². The molecule has 1 saturated heterocycles. The number of carbonyl (C=O) groups excluding carboxylic acids is 2. The first-order valence-electron chi connectivity index (χ1n) is 5.73. The van der Waals surface area contributed by atoms with Crippen molar-refractivity contribution in [1.29, 1.82) is 0 Å². The molecule has 5 nitrogen and oxygen atoms in total. The van der Waals surface area contributed by atoms with Crippen molar-refractivity contribution in [3.05, 3.63) is 34.3 Å². The predicted octanol–water partition coefficient (Wildman–Crippen LogP) is 1.63. The molecule has 1 aliphatic heterocycles. The summed E-state index contributed by atoms with van der Waals surface area (Å²) in [6, 6.07) is 6.55. The zero-order valence-corrected chi connectivity index (χ0v) is 12.6. The van der Waals surface area contributed by atoms with Crippen molar-refractivity contribution in [2.45, 2.75) is 0 Å². The Bertz CT molecular complexity index is 447. The molecule has 1 heterocycles.